The molecule has 0 saturated heterocycles. The lowest BCUT2D eigenvalue weighted by Crippen LogP contribution is -2.67. The molecule has 41 heavy (non-hydrogen) atoms. The van der Waals surface area contributed by atoms with Crippen LogP contribution in [0, 0.1) is 0 Å². The third-order valence-corrected chi connectivity index (χ3v) is 4.49. The second-order valence-corrected chi connectivity index (χ2v) is 7.60. The fourth-order valence-corrected chi connectivity index (χ4v) is 2.36. The molecule has 0 aromatic rings. The highest BCUT2D eigenvalue weighted by Gasteiger charge is 2.87. The predicted octanol–water partition coefficient (Wildman–Crippen LogP) is 3.17. The van der Waals surface area contributed by atoms with Crippen molar-refractivity contribution >= 4 is 0 Å². The van der Waals surface area contributed by atoms with Crippen LogP contribution in [0.4, 0.5) is 48.3 Å². The molecule has 0 bridgehead atoms. The predicted molar refractivity (Wildman–Crippen MR) is 115 cm³/mol. The Morgan fingerprint density at radius 3 is 0.878 bits per heavy atom. The third-order valence-electron chi connectivity index (χ3n) is 4.49. The zero-order valence-corrected chi connectivity index (χ0v) is 21.7. The number of halogens is 11. The summed E-state index contributed by atoms with van der Waals surface area (Å²) in [6.07, 6.45) is -13.6. The van der Waals surface area contributed by atoms with Crippen LogP contribution in [0.2, 0.25) is 0 Å². The molecule has 0 radical (unpaired) electrons. The van der Waals surface area contributed by atoms with Gasteiger partial charge in [-0.05, 0) is 0 Å². The van der Waals surface area contributed by atoms with Gasteiger partial charge in [-0.3, -0.25) is 0 Å². The Morgan fingerprint density at radius 2 is 0.610 bits per heavy atom. The quantitative estimate of drug-likeness (QED) is 0.108. The topological polar surface area (TPSA) is 94.1 Å². The highest BCUT2D eigenvalue weighted by Crippen LogP contribution is 2.57. The summed E-state index contributed by atoms with van der Waals surface area (Å²) in [7, 11) is 0. The van der Waals surface area contributed by atoms with E-state index in [0.29, 0.717) is 39.6 Å². The molecule has 20 heteroatoms. The van der Waals surface area contributed by atoms with Gasteiger partial charge in [0, 0.05) is 0 Å². The van der Waals surface area contributed by atoms with Gasteiger partial charge in [0.1, 0.15) is 0 Å². The lowest BCUT2D eigenvalue weighted by molar-refractivity contribution is -0.457. The van der Waals surface area contributed by atoms with Gasteiger partial charge in [0.15, 0.2) is 0 Å². The van der Waals surface area contributed by atoms with Crippen molar-refractivity contribution in [3.05, 3.63) is 0 Å². The van der Waals surface area contributed by atoms with Gasteiger partial charge in [-0.25, -0.2) is 0 Å². The molecule has 0 aliphatic carbocycles. The minimum Gasteiger partial charge on any atom is -0.394 e. The van der Waals surface area contributed by atoms with Crippen LogP contribution in [-0.2, 0) is 37.9 Å². The van der Waals surface area contributed by atoms with Gasteiger partial charge >= 0.3 is 30.1 Å². The number of aliphatic hydroxyl groups excluding tert-OH is 1. The Hall–Kier alpha value is -1.13. The molecule has 0 fully saturated rings. The van der Waals surface area contributed by atoms with Gasteiger partial charge in [0.05, 0.1) is 106 Å². The summed E-state index contributed by atoms with van der Waals surface area (Å²) in [5, 5.41) is 8.51. The van der Waals surface area contributed by atoms with E-state index in [1.807, 2.05) is 0 Å². The minimum atomic E-state index is -7.52. The van der Waals surface area contributed by atoms with Crippen molar-refractivity contribution in [3.8, 4) is 0 Å². The highest BCUT2D eigenvalue weighted by atomic mass is 19.4. The largest absolute Gasteiger partial charge is 0.460 e. The van der Waals surface area contributed by atoms with Crippen LogP contribution in [0.25, 0.3) is 0 Å². The van der Waals surface area contributed by atoms with Gasteiger partial charge in [-0.1, -0.05) is 0 Å². The first-order chi connectivity index (χ1) is 19.1. The van der Waals surface area contributed by atoms with Crippen molar-refractivity contribution in [2.45, 2.75) is 30.1 Å². The number of aliphatic hydroxyl groups is 1. The standard InChI is InChI=1S/C21H33F11O9/c22-17(23,18(24,25)20(28,29)30)19(26,27)21(31,32)41-16-15-40-14-13-39-12-11-38-10-9-37-8-7-36-6-5-35-4-3-34-2-1-33/h33H,1-16H2. The van der Waals surface area contributed by atoms with E-state index >= 15 is 0 Å². The summed E-state index contributed by atoms with van der Waals surface area (Å²) in [6.45, 7) is 0.0509. The Labute approximate surface area is 228 Å². The molecular formula is C21H33F11O9. The first-order valence-corrected chi connectivity index (χ1v) is 11.9. The number of hydrogen-bond acceptors (Lipinski definition) is 9. The average Bonchev–Trinajstić information content (AvgIpc) is 2.88. The maximum Gasteiger partial charge on any atom is 0.460 e. The van der Waals surface area contributed by atoms with Crippen molar-refractivity contribution in [3.63, 3.8) is 0 Å². The molecule has 0 heterocycles. The van der Waals surface area contributed by atoms with Crippen LogP contribution in [0.1, 0.15) is 0 Å². The molecule has 9 nitrogen and oxygen atoms in total. The second kappa shape index (κ2) is 19.9. The van der Waals surface area contributed by atoms with Crippen LogP contribution in [0.15, 0.2) is 0 Å². The van der Waals surface area contributed by atoms with Gasteiger partial charge in [-0.15, -0.1) is 0 Å². The average molecular weight is 638 g/mol. The molecule has 0 aromatic carbocycles. The maximum absolute atomic E-state index is 13.3. The third kappa shape index (κ3) is 14.3. The van der Waals surface area contributed by atoms with Crippen molar-refractivity contribution in [2.75, 3.05) is 106 Å². The molecule has 248 valence electrons. The Kier molecular flexibility index (Phi) is 19.4. The van der Waals surface area contributed by atoms with Gasteiger partial charge in [0.2, 0.25) is 0 Å². The number of alkyl halides is 11. The monoisotopic (exact) mass is 638 g/mol. The van der Waals surface area contributed by atoms with Gasteiger partial charge < -0.3 is 43.0 Å². The Morgan fingerprint density at radius 1 is 0.341 bits per heavy atom. The van der Waals surface area contributed by atoms with Crippen molar-refractivity contribution in [1.29, 1.82) is 0 Å². The summed E-state index contributed by atoms with van der Waals surface area (Å²) in [6, 6.07) is 0. The van der Waals surface area contributed by atoms with E-state index in [-0.39, 0.29) is 52.9 Å². The molecule has 0 atom stereocenters. The van der Waals surface area contributed by atoms with Gasteiger partial charge in [0.25, 0.3) is 0 Å². The molecule has 1 N–H and O–H groups in total. The Balaban J connectivity index is 3.74. The van der Waals surface area contributed by atoms with E-state index in [1.54, 1.807) is 0 Å². The number of hydrogen-bond donors (Lipinski definition) is 1. The molecule has 0 amide bonds. The fraction of sp³-hybridized carbons (Fsp3) is 1.00. The zero-order chi connectivity index (χ0) is 31.5. The summed E-state index contributed by atoms with van der Waals surface area (Å²) in [4.78, 5) is 0. The van der Waals surface area contributed by atoms with E-state index in [0.717, 1.165) is 0 Å². The van der Waals surface area contributed by atoms with E-state index < -0.39 is 43.3 Å². The Bertz CT molecular complexity index is 657. The fourth-order valence-electron chi connectivity index (χ4n) is 2.36. The smallest absolute Gasteiger partial charge is 0.394 e. The molecule has 0 aliphatic heterocycles. The van der Waals surface area contributed by atoms with Crippen molar-refractivity contribution in [1.82, 2.24) is 0 Å². The van der Waals surface area contributed by atoms with Crippen LogP contribution >= 0.6 is 0 Å². The van der Waals surface area contributed by atoms with Gasteiger partial charge in [-0.2, -0.15) is 48.3 Å². The van der Waals surface area contributed by atoms with E-state index in [4.69, 9.17) is 33.5 Å². The lowest BCUT2D eigenvalue weighted by Gasteiger charge is -2.36. The summed E-state index contributed by atoms with van der Waals surface area (Å²) < 4.78 is 180. The maximum atomic E-state index is 13.3. The number of ether oxygens (including phenoxy) is 8. The number of rotatable bonds is 27. The molecule has 0 saturated carbocycles. The molecule has 0 spiro atoms. The normalized spacial score (nSPS) is 13.8. The van der Waals surface area contributed by atoms with Crippen LogP contribution in [0.3, 0.4) is 0 Å². The van der Waals surface area contributed by atoms with Crippen molar-refractivity contribution < 1.29 is 91.3 Å². The van der Waals surface area contributed by atoms with Crippen LogP contribution in [-0.4, -0.2) is 141 Å². The summed E-state index contributed by atoms with van der Waals surface area (Å²) in [5.74, 6) is -22.2. The van der Waals surface area contributed by atoms with Crippen LogP contribution < -0.4 is 0 Å². The second-order valence-electron chi connectivity index (χ2n) is 7.60. The van der Waals surface area contributed by atoms with E-state index in [2.05, 4.69) is 9.47 Å². The van der Waals surface area contributed by atoms with Crippen LogP contribution in [0.5, 0.6) is 0 Å². The molecule has 0 aliphatic rings. The first-order valence-electron chi connectivity index (χ1n) is 11.9. The summed E-state index contributed by atoms with van der Waals surface area (Å²) in [5.41, 5.74) is 0. The molecule has 0 unspecified atom stereocenters. The molecule has 0 rings (SSSR count). The highest BCUT2D eigenvalue weighted by molar-refractivity contribution is 5.03. The minimum absolute atomic E-state index is 0.0535. The lowest BCUT2D eigenvalue weighted by atomic mass is 10.0. The molecule has 0 aromatic heterocycles. The SMILES string of the molecule is OCCOCCOCCOCCOCCOCCOCCOCCOC(F)(F)C(F)(F)C(F)(F)C(F)(F)C(F)(F)F. The zero-order valence-electron chi connectivity index (χ0n) is 21.7. The molecular weight excluding hydrogens is 605 g/mol. The van der Waals surface area contributed by atoms with E-state index in [1.165, 1.54) is 0 Å². The van der Waals surface area contributed by atoms with E-state index in [9.17, 15) is 48.3 Å². The first kappa shape index (κ1) is 39.9. The van der Waals surface area contributed by atoms with Crippen molar-refractivity contribution in [2.24, 2.45) is 0 Å². The summed E-state index contributed by atoms with van der Waals surface area (Å²) >= 11 is 0.